The van der Waals surface area contributed by atoms with Gasteiger partial charge in [0.15, 0.2) is 13.2 Å². The van der Waals surface area contributed by atoms with Gasteiger partial charge in [-0.05, 0) is 44.8 Å². The van der Waals surface area contributed by atoms with E-state index >= 15 is 0 Å². The molecule has 0 spiro atoms. The number of piperazine rings is 1. The van der Waals surface area contributed by atoms with Crippen LogP contribution in [0.1, 0.15) is 19.3 Å². The average molecular weight is 421 g/mol. The molecule has 30 heavy (non-hydrogen) atoms. The van der Waals surface area contributed by atoms with E-state index < -0.39 is 25.2 Å². The number of piperidine rings is 1. The summed E-state index contributed by atoms with van der Waals surface area (Å²) in [6.07, 6.45) is 3.78. The maximum Gasteiger partial charge on any atom is 0.341 e. The number of nitrogens with zero attached hydrogens (tertiary/aromatic N) is 2. The van der Waals surface area contributed by atoms with E-state index in [1.54, 1.807) is 12.1 Å². The fraction of sp³-hybridized carbons (Fsp3) is 0.619. The third-order valence-corrected chi connectivity index (χ3v) is 5.64. The number of hydrogen-bond donors (Lipinski definition) is 3. The van der Waals surface area contributed by atoms with Crippen LogP contribution in [-0.2, 0) is 9.59 Å². The fourth-order valence-corrected chi connectivity index (χ4v) is 3.96. The van der Waals surface area contributed by atoms with Gasteiger partial charge in [0.2, 0.25) is 0 Å². The van der Waals surface area contributed by atoms with Crippen molar-refractivity contribution in [1.82, 2.24) is 10.2 Å². The van der Waals surface area contributed by atoms with Crippen molar-refractivity contribution in [2.75, 3.05) is 63.9 Å². The Morgan fingerprint density at radius 1 is 0.933 bits per heavy atom. The topological polar surface area (TPSA) is 112 Å². The molecular formula is C21H31N3O6. The van der Waals surface area contributed by atoms with E-state index in [4.69, 9.17) is 19.7 Å². The van der Waals surface area contributed by atoms with Crippen molar-refractivity contribution in [1.29, 1.82) is 0 Å². The predicted octanol–water partition coefficient (Wildman–Crippen LogP) is 1.13. The first-order chi connectivity index (χ1) is 14.5. The molecule has 2 aliphatic heterocycles. The summed E-state index contributed by atoms with van der Waals surface area (Å²) < 4.78 is 10.6. The van der Waals surface area contributed by atoms with Crippen molar-refractivity contribution in [3.8, 4) is 11.5 Å². The standard InChI is InChI=1S/C21H31N3O6/c25-20(26)14-29-18-11-17(12-19(13-18)30-15-21(27)28)24-9-7-23(8-10-24)6-3-16-1-4-22-5-2-16/h11-13,16,22H,1-10,14-15H2,(H,25,26)(H,27,28). The van der Waals surface area contributed by atoms with Gasteiger partial charge >= 0.3 is 11.9 Å². The van der Waals surface area contributed by atoms with E-state index in [0.717, 1.165) is 57.4 Å². The lowest BCUT2D eigenvalue weighted by Crippen LogP contribution is -2.47. The number of ether oxygens (including phenoxy) is 2. The second-order valence-electron chi connectivity index (χ2n) is 7.84. The molecular weight excluding hydrogens is 390 g/mol. The first-order valence-electron chi connectivity index (χ1n) is 10.5. The molecule has 0 radical (unpaired) electrons. The van der Waals surface area contributed by atoms with Crippen LogP contribution in [0.2, 0.25) is 0 Å². The highest BCUT2D eigenvalue weighted by atomic mass is 16.5. The lowest BCUT2D eigenvalue weighted by atomic mass is 9.94. The molecule has 0 unspecified atom stereocenters. The number of carboxylic acids is 2. The molecule has 1 aromatic carbocycles. The zero-order valence-corrected chi connectivity index (χ0v) is 17.2. The quantitative estimate of drug-likeness (QED) is 0.512. The Kier molecular flexibility index (Phi) is 8.15. The highest BCUT2D eigenvalue weighted by molar-refractivity contribution is 5.69. The molecule has 0 aliphatic carbocycles. The lowest BCUT2D eigenvalue weighted by Gasteiger charge is -2.37. The Balaban J connectivity index is 1.56. The summed E-state index contributed by atoms with van der Waals surface area (Å²) in [6.45, 7) is 6.04. The summed E-state index contributed by atoms with van der Waals surface area (Å²) in [4.78, 5) is 26.3. The van der Waals surface area contributed by atoms with Gasteiger partial charge in [-0.2, -0.15) is 0 Å². The van der Waals surface area contributed by atoms with E-state index in [0.29, 0.717) is 11.5 Å². The number of carbonyl (C=O) groups is 2. The molecule has 2 saturated heterocycles. The summed E-state index contributed by atoms with van der Waals surface area (Å²) in [5.74, 6) is -0.625. The van der Waals surface area contributed by atoms with E-state index in [1.807, 2.05) is 0 Å². The molecule has 9 nitrogen and oxygen atoms in total. The summed E-state index contributed by atoms with van der Waals surface area (Å²) >= 11 is 0. The Morgan fingerprint density at radius 3 is 2.03 bits per heavy atom. The van der Waals surface area contributed by atoms with Gasteiger partial charge in [-0.3, -0.25) is 4.90 Å². The van der Waals surface area contributed by atoms with Crippen molar-refractivity contribution >= 4 is 17.6 Å². The third kappa shape index (κ3) is 7.07. The van der Waals surface area contributed by atoms with Crippen LogP contribution in [0.15, 0.2) is 18.2 Å². The van der Waals surface area contributed by atoms with Crippen molar-refractivity contribution in [2.24, 2.45) is 5.92 Å². The normalized spacial score (nSPS) is 18.2. The highest BCUT2D eigenvalue weighted by Gasteiger charge is 2.20. The lowest BCUT2D eigenvalue weighted by molar-refractivity contribution is -0.140. The molecule has 0 aromatic heterocycles. The fourth-order valence-electron chi connectivity index (χ4n) is 3.96. The Hall–Kier alpha value is -2.52. The molecule has 3 rings (SSSR count). The molecule has 0 amide bonds. The van der Waals surface area contributed by atoms with E-state index in [2.05, 4.69) is 15.1 Å². The second-order valence-corrected chi connectivity index (χ2v) is 7.84. The molecule has 9 heteroatoms. The predicted molar refractivity (Wildman–Crippen MR) is 112 cm³/mol. The van der Waals surface area contributed by atoms with E-state index in [-0.39, 0.29) is 0 Å². The van der Waals surface area contributed by atoms with Gasteiger partial charge in [-0.15, -0.1) is 0 Å². The summed E-state index contributed by atoms with van der Waals surface area (Å²) in [6, 6.07) is 5.08. The smallest absolute Gasteiger partial charge is 0.341 e. The van der Waals surface area contributed by atoms with E-state index in [1.165, 1.54) is 25.3 Å². The number of benzene rings is 1. The molecule has 2 fully saturated rings. The Morgan fingerprint density at radius 2 is 1.50 bits per heavy atom. The summed E-state index contributed by atoms with van der Waals surface area (Å²) in [5, 5.41) is 21.1. The minimum Gasteiger partial charge on any atom is -0.482 e. The number of nitrogens with one attached hydrogen (secondary N) is 1. The molecule has 2 heterocycles. The SMILES string of the molecule is O=C(O)COc1cc(OCC(=O)O)cc(N2CCN(CCC3CCNCC3)CC2)c1. The number of aliphatic carboxylic acids is 2. The molecule has 0 atom stereocenters. The first kappa shape index (κ1) is 22.2. The second kappa shape index (κ2) is 11.0. The zero-order valence-electron chi connectivity index (χ0n) is 17.2. The molecule has 1 aromatic rings. The third-order valence-electron chi connectivity index (χ3n) is 5.64. The van der Waals surface area contributed by atoms with Gasteiger partial charge in [0.25, 0.3) is 0 Å². The molecule has 166 valence electrons. The van der Waals surface area contributed by atoms with Gasteiger partial charge in [0, 0.05) is 50.1 Å². The van der Waals surface area contributed by atoms with Crippen LogP contribution in [-0.4, -0.2) is 86.1 Å². The zero-order chi connectivity index (χ0) is 21.3. The van der Waals surface area contributed by atoms with Crippen molar-refractivity contribution in [2.45, 2.75) is 19.3 Å². The Labute approximate surface area is 176 Å². The number of carboxylic acid groups (broad SMARTS) is 2. The monoisotopic (exact) mass is 421 g/mol. The Bertz CT molecular complexity index is 678. The number of hydrogen-bond acceptors (Lipinski definition) is 7. The number of rotatable bonds is 10. The average Bonchev–Trinajstić information content (AvgIpc) is 2.76. The van der Waals surface area contributed by atoms with Crippen LogP contribution in [0.5, 0.6) is 11.5 Å². The minimum absolute atomic E-state index is 0.351. The minimum atomic E-state index is -1.07. The summed E-state index contributed by atoms with van der Waals surface area (Å²) in [5.41, 5.74) is 0.844. The van der Waals surface area contributed by atoms with Gasteiger partial charge in [-0.1, -0.05) is 0 Å². The summed E-state index contributed by atoms with van der Waals surface area (Å²) in [7, 11) is 0. The van der Waals surface area contributed by atoms with Gasteiger partial charge < -0.3 is 29.9 Å². The molecule has 2 aliphatic rings. The van der Waals surface area contributed by atoms with Crippen LogP contribution < -0.4 is 19.7 Å². The van der Waals surface area contributed by atoms with Crippen LogP contribution in [0, 0.1) is 5.92 Å². The van der Waals surface area contributed by atoms with Crippen LogP contribution >= 0.6 is 0 Å². The first-order valence-corrected chi connectivity index (χ1v) is 10.5. The van der Waals surface area contributed by atoms with Crippen molar-refractivity contribution in [3.05, 3.63) is 18.2 Å². The highest BCUT2D eigenvalue weighted by Crippen LogP contribution is 2.30. The van der Waals surface area contributed by atoms with Crippen LogP contribution in [0.25, 0.3) is 0 Å². The van der Waals surface area contributed by atoms with Crippen molar-refractivity contribution in [3.63, 3.8) is 0 Å². The van der Waals surface area contributed by atoms with Crippen LogP contribution in [0.3, 0.4) is 0 Å². The van der Waals surface area contributed by atoms with Gasteiger partial charge in [0.05, 0.1) is 0 Å². The number of anilines is 1. The van der Waals surface area contributed by atoms with Gasteiger partial charge in [0.1, 0.15) is 11.5 Å². The molecule has 0 bridgehead atoms. The van der Waals surface area contributed by atoms with E-state index in [9.17, 15) is 9.59 Å². The maximum absolute atomic E-state index is 10.8. The molecule has 0 saturated carbocycles. The van der Waals surface area contributed by atoms with Gasteiger partial charge in [-0.25, -0.2) is 9.59 Å². The van der Waals surface area contributed by atoms with Crippen molar-refractivity contribution < 1.29 is 29.3 Å². The largest absolute Gasteiger partial charge is 0.482 e. The molecule has 3 N–H and O–H groups in total. The maximum atomic E-state index is 10.8. The van der Waals surface area contributed by atoms with Crippen LogP contribution in [0.4, 0.5) is 5.69 Å².